The van der Waals surface area contributed by atoms with Gasteiger partial charge in [-0.25, -0.2) is 4.39 Å². The quantitative estimate of drug-likeness (QED) is 0.834. The molecule has 1 N–H and O–H groups in total. The maximum absolute atomic E-state index is 13.4. The summed E-state index contributed by atoms with van der Waals surface area (Å²) in [7, 11) is 0. The predicted octanol–water partition coefficient (Wildman–Crippen LogP) is 4.80. The molecule has 0 heterocycles. The number of hydrogen-bond acceptors (Lipinski definition) is 1. The van der Waals surface area contributed by atoms with E-state index in [0.717, 1.165) is 0 Å². The fourth-order valence-electron chi connectivity index (χ4n) is 1.54. The van der Waals surface area contributed by atoms with Crippen molar-refractivity contribution in [2.75, 3.05) is 5.32 Å². The van der Waals surface area contributed by atoms with Gasteiger partial charge in [0, 0.05) is 15.2 Å². The second-order valence-electron chi connectivity index (χ2n) is 4.04. The van der Waals surface area contributed by atoms with Gasteiger partial charge in [0.1, 0.15) is 5.82 Å². The van der Waals surface area contributed by atoms with E-state index in [4.69, 9.17) is 11.6 Å². The van der Waals surface area contributed by atoms with Gasteiger partial charge < -0.3 is 5.32 Å². The monoisotopic (exact) mass is 341 g/mol. The van der Waals surface area contributed by atoms with Crippen molar-refractivity contribution in [3.8, 4) is 0 Å². The summed E-state index contributed by atoms with van der Waals surface area (Å²) in [5, 5.41) is 3.17. The standard InChI is InChI=1S/C14H10BrClFNO/c1-8-2-4-10(7-13(8)17)18-14(19)11-5-3-9(16)6-12(11)15/h2-7H,1H3,(H,18,19). The number of hydrogen-bond donors (Lipinski definition) is 1. The lowest BCUT2D eigenvalue weighted by molar-refractivity contribution is 0.102. The van der Waals surface area contributed by atoms with E-state index in [1.165, 1.54) is 6.07 Å². The fourth-order valence-corrected chi connectivity index (χ4v) is 2.41. The molecule has 0 aliphatic rings. The van der Waals surface area contributed by atoms with Crippen LogP contribution in [0, 0.1) is 12.7 Å². The van der Waals surface area contributed by atoms with Crippen LogP contribution in [0.3, 0.4) is 0 Å². The lowest BCUT2D eigenvalue weighted by Gasteiger charge is -2.08. The second kappa shape index (κ2) is 5.72. The lowest BCUT2D eigenvalue weighted by atomic mass is 10.2. The van der Waals surface area contributed by atoms with Crippen LogP contribution in [0.25, 0.3) is 0 Å². The Morgan fingerprint density at radius 3 is 2.63 bits per heavy atom. The molecule has 2 aromatic rings. The number of amides is 1. The molecule has 0 atom stereocenters. The number of benzene rings is 2. The van der Waals surface area contributed by atoms with Crippen LogP contribution in [0.2, 0.25) is 5.02 Å². The van der Waals surface area contributed by atoms with Crippen molar-refractivity contribution in [3.63, 3.8) is 0 Å². The van der Waals surface area contributed by atoms with Crippen molar-refractivity contribution in [1.82, 2.24) is 0 Å². The average Bonchev–Trinajstić information content (AvgIpc) is 2.33. The zero-order valence-electron chi connectivity index (χ0n) is 10.0. The highest BCUT2D eigenvalue weighted by molar-refractivity contribution is 9.10. The zero-order chi connectivity index (χ0) is 14.0. The van der Waals surface area contributed by atoms with E-state index in [1.54, 1.807) is 37.3 Å². The van der Waals surface area contributed by atoms with Gasteiger partial charge in [0.2, 0.25) is 0 Å². The van der Waals surface area contributed by atoms with Crippen molar-refractivity contribution in [3.05, 3.63) is 62.8 Å². The van der Waals surface area contributed by atoms with Crippen molar-refractivity contribution < 1.29 is 9.18 Å². The highest BCUT2D eigenvalue weighted by atomic mass is 79.9. The molecule has 19 heavy (non-hydrogen) atoms. The van der Waals surface area contributed by atoms with Gasteiger partial charge in [0.25, 0.3) is 5.91 Å². The van der Waals surface area contributed by atoms with Crippen molar-refractivity contribution >= 4 is 39.1 Å². The van der Waals surface area contributed by atoms with Crippen LogP contribution in [0.15, 0.2) is 40.9 Å². The normalized spacial score (nSPS) is 10.3. The maximum Gasteiger partial charge on any atom is 0.256 e. The van der Waals surface area contributed by atoms with Crippen LogP contribution in [-0.2, 0) is 0 Å². The van der Waals surface area contributed by atoms with Crippen LogP contribution < -0.4 is 5.32 Å². The van der Waals surface area contributed by atoms with Crippen LogP contribution in [0.5, 0.6) is 0 Å². The molecule has 0 bridgehead atoms. The van der Waals surface area contributed by atoms with E-state index in [9.17, 15) is 9.18 Å². The first-order valence-corrected chi connectivity index (χ1v) is 6.67. The topological polar surface area (TPSA) is 29.1 Å². The van der Waals surface area contributed by atoms with E-state index >= 15 is 0 Å². The largest absolute Gasteiger partial charge is 0.322 e. The average molecular weight is 343 g/mol. The highest BCUT2D eigenvalue weighted by Gasteiger charge is 2.11. The number of carbonyl (C=O) groups excluding carboxylic acids is 1. The molecule has 0 aromatic heterocycles. The summed E-state index contributed by atoms with van der Waals surface area (Å²) in [5.41, 5.74) is 1.38. The van der Waals surface area contributed by atoms with Gasteiger partial charge in [0.15, 0.2) is 0 Å². The molecule has 5 heteroatoms. The summed E-state index contributed by atoms with van der Waals surface area (Å²) in [5.74, 6) is -0.681. The molecule has 0 saturated carbocycles. The minimum Gasteiger partial charge on any atom is -0.322 e. The van der Waals surface area contributed by atoms with Crippen molar-refractivity contribution in [2.45, 2.75) is 6.92 Å². The highest BCUT2D eigenvalue weighted by Crippen LogP contribution is 2.23. The molecule has 0 radical (unpaired) electrons. The molecule has 0 aliphatic carbocycles. The predicted molar refractivity (Wildman–Crippen MR) is 78.2 cm³/mol. The lowest BCUT2D eigenvalue weighted by Crippen LogP contribution is -2.12. The van der Waals surface area contributed by atoms with E-state index in [-0.39, 0.29) is 11.7 Å². The van der Waals surface area contributed by atoms with Crippen LogP contribution in [-0.4, -0.2) is 5.91 Å². The van der Waals surface area contributed by atoms with E-state index in [0.29, 0.717) is 26.3 Å². The molecule has 2 aromatic carbocycles. The molecule has 0 spiro atoms. The van der Waals surface area contributed by atoms with Crippen LogP contribution in [0.4, 0.5) is 10.1 Å². The molecular weight excluding hydrogens is 333 g/mol. The Kier molecular flexibility index (Phi) is 4.22. The Balaban J connectivity index is 2.23. The molecule has 0 saturated heterocycles. The van der Waals surface area contributed by atoms with E-state index in [2.05, 4.69) is 21.2 Å². The van der Waals surface area contributed by atoms with Gasteiger partial charge in [-0.1, -0.05) is 17.7 Å². The third-order valence-electron chi connectivity index (χ3n) is 2.61. The molecule has 0 aliphatic heterocycles. The summed E-state index contributed by atoms with van der Waals surface area (Å²) in [6.45, 7) is 1.66. The van der Waals surface area contributed by atoms with E-state index in [1.807, 2.05) is 0 Å². The van der Waals surface area contributed by atoms with E-state index < -0.39 is 0 Å². The summed E-state index contributed by atoms with van der Waals surface area (Å²) in [6.07, 6.45) is 0. The van der Waals surface area contributed by atoms with Gasteiger partial charge in [-0.3, -0.25) is 4.79 Å². The molecule has 98 valence electrons. The molecule has 0 unspecified atom stereocenters. The van der Waals surface area contributed by atoms with Gasteiger partial charge in [-0.2, -0.15) is 0 Å². The molecule has 2 rings (SSSR count). The number of nitrogens with one attached hydrogen (secondary N) is 1. The van der Waals surface area contributed by atoms with Gasteiger partial charge >= 0.3 is 0 Å². The molecule has 2 nitrogen and oxygen atoms in total. The molecule has 1 amide bonds. The summed E-state index contributed by atoms with van der Waals surface area (Å²) >= 11 is 9.08. The minimum atomic E-state index is -0.354. The number of aryl methyl sites for hydroxylation is 1. The van der Waals surface area contributed by atoms with Gasteiger partial charge in [0.05, 0.1) is 5.56 Å². The summed E-state index contributed by atoms with van der Waals surface area (Å²) in [4.78, 5) is 12.0. The summed E-state index contributed by atoms with van der Waals surface area (Å²) < 4.78 is 14.0. The Labute approximate surface area is 123 Å². The Hall–Kier alpha value is -1.39. The first kappa shape index (κ1) is 14.0. The van der Waals surface area contributed by atoms with Crippen molar-refractivity contribution in [1.29, 1.82) is 0 Å². The third kappa shape index (κ3) is 3.33. The first-order chi connectivity index (χ1) is 8.97. The first-order valence-electron chi connectivity index (χ1n) is 5.50. The second-order valence-corrected chi connectivity index (χ2v) is 5.33. The minimum absolute atomic E-state index is 0.327. The Bertz CT molecular complexity index is 645. The van der Waals surface area contributed by atoms with Gasteiger partial charge in [-0.05, 0) is 58.7 Å². The number of anilines is 1. The van der Waals surface area contributed by atoms with Crippen LogP contribution in [0.1, 0.15) is 15.9 Å². The number of halogens is 3. The zero-order valence-corrected chi connectivity index (χ0v) is 12.3. The number of rotatable bonds is 2. The smallest absolute Gasteiger partial charge is 0.256 e. The van der Waals surface area contributed by atoms with Crippen molar-refractivity contribution in [2.24, 2.45) is 0 Å². The Morgan fingerprint density at radius 2 is 2.00 bits per heavy atom. The van der Waals surface area contributed by atoms with Crippen LogP contribution >= 0.6 is 27.5 Å². The Morgan fingerprint density at radius 1 is 1.26 bits per heavy atom. The third-order valence-corrected chi connectivity index (χ3v) is 3.50. The SMILES string of the molecule is Cc1ccc(NC(=O)c2ccc(Cl)cc2Br)cc1F. The molecular formula is C14H10BrClFNO. The maximum atomic E-state index is 13.4. The number of carbonyl (C=O) groups is 1. The molecule has 0 fully saturated rings. The fraction of sp³-hybridized carbons (Fsp3) is 0.0714. The summed E-state index contributed by atoms with van der Waals surface area (Å²) in [6, 6.07) is 9.41. The van der Waals surface area contributed by atoms with Gasteiger partial charge in [-0.15, -0.1) is 0 Å².